The first kappa shape index (κ1) is 13.1. The molecule has 0 heterocycles. The van der Waals surface area contributed by atoms with Crippen LogP contribution in [0.3, 0.4) is 0 Å². The molecule has 0 bridgehead atoms. The zero-order valence-electron chi connectivity index (χ0n) is 9.27. The van der Waals surface area contributed by atoms with Gasteiger partial charge < -0.3 is 5.11 Å². The van der Waals surface area contributed by atoms with E-state index in [0.717, 1.165) is 0 Å². The molecule has 1 aliphatic carbocycles. The summed E-state index contributed by atoms with van der Waals surface area (Å²) in [5.41, 5.74) is -0.363. The Labute approximate surface area is 114 Å². The van der Waals surface area contributed by atoms with Crippen LogP contribution in [0, 0.1) is 5.92 Å². The van der Waals surface area contributed by atoms with E-state index in [1.807, 2.05) is 0 Å². The second kappa shape index (κ2) is 4.75. The summed E-state index contributed by atoms with van der Waals surface area (Å²) in [6.45, 7) is 0. The van der Waals surface area contributed by atoms with E-state index in [9.17, 15) is 14.7 Å². The van der Waals surface area contributed by atoms with E-state index in [-0.39, 0.29) is 5.92 Å². The van der Waals surface area contributed by atoms with Gasteiger partial charge in [-0.3, -0.25) is 9.59 Å². The first-order chi connectivity index (χ1) is 8.52. The van der Waals surface area contributed by atoms with Crippen LogP contribution in [0.4, 0.5) is 0 Å². The molecule has 5 heteroatoms. The van der Waals surface area contributed by atoms with Gasteiger partial charge in [-0.15, -0.1) is 0 Å². The summed E-state index contributed by atoms with van der Waals surface area (Å²) >= 11 is 11.7. The summed E-state index contributed by atoms with van der Waals surface area (Å²) in [6, 6.07) is 4.83. The van der Waals surface area contributed by atoms with E-state index < -0.39 is 11.4 Å². The van der Waals surface area contributed by atoms with E-state index in [1.165, 1.54) is 6.08 Å². The highest BCUT2D eigenvalue weighted by atomic mass is 35.5. The molecule has 0 aromatic heterocycles. The van der Waals surface area contributed by atoms with Crippen LogP contribution in [0.25, 0.3) is 0 Å². The van der Waals surface area contributed by atoms with Crippen molar-refractivity contribution in [3.8, 4) is 0 Å². The number of benzene rings is 1. The Hall–Kier alpha value is -1.32. The van der Waals surface area contributed by atoms with Crippen molar-refractivity contribution < 1.29 is 14.7 Å². The fraction of sp³-hybridized carbons (Fsp3) is 0.231. The maximum atomic E-state index is 11.5. The number of aldehydes is 1. The summed E-state index contributed by atoms with van der Waals surface area (Å²) in [5, 5.41) is 10.1. The minimum Gasteiger partial charge on any atom is -0.481 e. The zero-order valence-corrected chi connectivity index (χ0v) is 10.8. The molecule has 1 saturated carbocycles. The number of carboxylic acids is 1. The number of carboxylic acid groups (broad SMARTS) is 1. The molecule has 0 amide bonds. The summed E-state index contributed by atoms with van der Waals surface area (Å²) in [4.78, 5) is 21.7. The minimum absolute atomic E-state index is 0.183. The SMILES string of the molecule is O=C/C=C/[C@@H]1C[C@@]1(C(=O)O)c1ccc(Cl)c(Cl)c1. The van der Waals surface area contributed by atoms with E-state index in [4.69, 9.17) is 23.2 Å². The fourth-order valence-corrected chi connectivity index (χ4v) is 2.47. The topological polar surface area (TPSA) is 54.4 Å². The van der Waals surface area contributed by atoms with Crippen molar-refractivity contribution in [3.05, 3.63) is 46.0 Å². The number of carbonyl (C=O) groups is 2. The van der Waals surface area contributed by atoms with Gasteiger partial charge in [0.05, 0.1) is 15.5 Å². The smallest absolute Gasteiger partial charge is 0.314 e. The van der Waals surface area contributed by atoms with Crippen molar-refractivity contribution >= 4 is 35.5 Å². The highest BCUT2D eigenvalue weighted by Gasteiger charge is 2.60. The molecule has 3 nitrogen and oxygen atoms in total. The van der Waals surface area contributed by atoms with Gasteiger partial charge in [-0.05, 0) is 36.1 Å². The second-order valence-corrected chi connectivity index (χ2v) is 5.05. The molecule has 18 heavy (non-hydrogen) atoms. The molecule has 1 aliphatic rings. The van der Waals surface area contributed by atoms with Gasteiger partial charge in [-0.25, -0.2) is 0 Å². The van der Waals surface area contributed by atoms with Crippen molar-refractivity contribution in [1.82, 2.24) is 0 Å². The lowest BCUT2D eigenvalue weighted by molar-refractivity contribution is -0.140. The molecule has 1 fully saturated rings. The Balaban J connectivity index is 2.39. The first-order valence-corrected chi connectivity index (χ1v) is 6.09. The maximum Gasteiger partial charge on any atom is 0.314 e. The van der Waals surface area contributed by atoms with E-state index in [1.54, 1.807) is 24.3 Å². The molecular weight excluding hydrogens is 275 g/mol. The highest BCUT2D eigenvalue weighted by molar-refractivity contribution is 6.42. The molecule has 0 saturated heterocycles. The van der Waals surface area contributed by atoms with Crippen molar-refractivity contribution in [2.45, 2.75) is 11.8 Å². The Bertz CT molecular complexity index is 539. The molecule has 0 aliphatic heterocycles. The molecule has 0 unspecified atom stereocenters. The zero-order chi connectivity index (χ0) is 13.3. The Morgan fingerprint density at radius 3 is 2.67 bits per heavy atom. The van der Waals surface area contributed by atoms with Gasteiger partial charge in [0, 0.05) is 0 Å². The van der Waals surface area contributed by atoms with E-state index in [2.05, 4.69) is 0 Å². The number of hydrogen-bond donors (Lipinski definition) is 1. The lowest BCUT2D eigenvalue weighted by Gasteiger charge is -2.12. The van der Waals surface area contributed by atoms with Gasteiger partial charge in [0.25, 0.3) is 0 Å². The minimum atomic E-state index is -0.978. The monoisotopic (exact) mass is 284 g/mol. The van der Waals surface area contributed by atoms with Crippen LogP contribution in [-0.2, 0) is 15.0 Å². The van der Waals surface area contributed by atoms with Crippen LogP contribution in [0.15, 0.2) is 30.4 Å². The molecule has 2 atom stereocenters. The third-order valence-corrected chi connectivity index (χ3v) is 3.99. The molecule has 2 rings (SSSR count). The van der Waals surface area contributed by atoms with Crippen molar-refractivity contribution in [2.75, 3.05) is 0 Å². The number of hydrogen-bond acceptors (Lipinski definition) is 2. The molecule has 0 radical (unpaired) electrons. The standard InChI is InChI=1S/C13H10Cl2O3/c14-10-4-3-8(6-11(10)15)13(12(17)18)7-9(13)2-1-5-16/h1-6,9H,7H2,(H,17,18)/b2-1+/t9-,13-/m1/s1. The van der Waals surface area contributed by atoms with Gasteiger partial charge >= 0.3 is 5.97 Å². The average Bonchev–Trinajstić information content (AvgIpc) is 3.06. The van der Waals surface area contributed by atoms with Gasteiger partial charge in [0.15, 0.2) is 0 Å². The van der Waals surface area contributed by atoms with Gasteiger partial charge in [0.1, 0.15) is 6.29 Å². The van der Waals surface area contributed by atoms with Crippen LogP contribution in [0.1, 0.15) is 12.0 Å². The number of rotatable bonds is 4. The molecule has 94 valence electrons. The van der Waals surface area contributed by atoms with Crippen molar-refractivity contribution in [3.63, 3.8) is 0 Å². The number of halogens is 2. The Morgan fingerprint density at radius 2 is 2.11 bits per heavy atom. The predicted octanol–water partition coefficient (Wildman–Crippen LogP) is 3.09. The van der Waals surface area contributed by atoms with Crippen molar-refractivity contribution in [2.24, 2.45) is 5.92 Å². The molecule has 1 N–H and O–H groups in total. The third-order valence-electron chi connectivity index (χ3n) is 3.25. The van der Waals surface area contributed by atoms with Crippen LogP contribution >= 0.6 is 23.2 Å². The Morgan fingerprint density at radius 1 is 1.39 bits per heavy atom. The fourth-order valence-electron chi connectivity index (χ4n) is 2.17. The van der Waals surface area contributed by atoms with Crippen LogP contribution in [-0.4, -0.2) is 17.4 Å². The van der Waals surface area contributed by atoms with Gasteiger partial charge in [-0.1, -0.05) is 35.3 Å². The summed E-state index contributed by atoms with van der Waals surface area (Å²) in [5.74, 6) is -1.10. The van der Waals surface area contributed by atoms with Crippen LogP contribution < -0.4 is 0 Å². The Kier molecular flexibility index (Phi) is 3.46. The first-order valence-electron chi connectivity index (χ1n) is 5.33. The van der Waals surface area contributed by atoms with Crippen LogP contribution in [0.2, 0.25) is 10.0 Å². The number of allylic oxidation sites excluding steroid dienone is 2. The third kappa shape index (κ3) is 2.04. The number of carbonyl (C=O) groups excluding carboxylic acids is 1. The van der Waals surface area contributed by atoms with Crippen LogP contribution in [0.5, 0.6) is 0 Å². The highest BCUT2D eigenvalue weighted by Crippen LogP contribution is 2.55. The van der Waals surface area contributed by atoms with E-state index >= 15 is 0 Å². The maximum absolute atomic E-state index is 11.5. The second-order valence-electron chi connectivity index (χ2n) is 4.24. The number of aliphatic carboxylic acids is 1. The quantitative estimate of drug-likeness (QED) is 0.683. The van der Waals surface area contributed by atoms with Crippen molar-refractivity contribution in [1.29, 1.82) is 0 Å². The van der Waals surface area contributed by atoms with E-state index in [0.29, 0.717) is 28.3 Å². The summed E-state index contributed by atoms with van der Waals surface area (Å²) in [6.07, 6.45) is 4.04. The lowest BCUT2D eigenvalue weighted by atomic mass is 9.93. The van der Waals surface area contributed by atoms with Gasteiger partial charge in [0.2, 0.25) is 0 Å². The summed E-state index contributed by atoms with van der Waals surface area (Å²) < 4.78 is 0. The molecule has 0 spiro atoms. The molecule has 1 aromatic carbocycles. The van der Waals surface area contributed by atoms with Gasteiger partial charge in [-0.2, -0.15) is 0 Å². The summed E-state index contributed by atoms with van der Waals surface area (Å²) in [7, 11) is 0. The normalized spacial score (nSPS) is 26.2. The molecule has 1 aromatic rings. The lowest BCUT2D eigenvalue weighted by Crippen LogP contribution is -2.22. The average molecular weight is 285 g/mol. The predicted molar refractivity (Wildman–Crippen MR) is 69.1 cm³/mol. The largest absolute Gasteiger partial charge is 0.481 e. The molecular formula is C13H10Cl2O3.